The van der Waals surface area contributed by atoms with E-state index < -0.39 is 0 Å². The van der Waals surface area contributed by atoms with E-state index in [0.717, 1.165) is 18.5 Å². The van der Waals surface area contributed by atoms with Gasteiger partial charge in [0, 0.05) is 6.04 Å². The maximum atomic E-state index is 6.33. The molecule has 0 radical (unpaired) electrons. The highest BCUT2D eigenvalue weighted by Crippen LogP contribution is 2.41. The second-order valence-electron chi connectivity index (χ2n) is 3.85. The van der Waals surface area contributed by atoms with Crippen LogP contribution in [0.4, 0.5) is 0 Å². The molecule has 1 aromatic rings. The predicted molar refractivity (Wildman–Crippen MR) is 71.8 cm³/mol. The van der Waals surface area contributed by atoms with E-state index in [0.29, 0.717) is 22.6 Å². The van der Waals surface area contributed by atoms with Gasteiger partial charge in [-0.1, -0.05) is 17.7 Å². The molecule has 0 bridgehead atoms. The van der Waals surface area contributed by atoms with Gasteiger partial charge in [0.25, 0.3) is 0 Å². The summed E-state index contributed by atoms with van der Waals surface area (Å²) in [5.41, 5.74) is 1.09. The van der Waals surface area contributed by atoms with Gasteiger partial charge in [-0.25, -0.2) is 0 Å². The van der Waals surface area contributed by atoms with Crippen LogP contribution in [-0.4, -0.2) is 20.8 Å². The molecular weight excluding hydrogens is 261 g/mol. The number of hydrogen-bond acceptors (Lipinski definition) is 3. The van der Waals surface area contributed by atoms with Crippen LogP contribution in [0, 0.1) is 0 Å². The normalized spacial score (nSPS) is 18.6. The van der Waals surface area contributed by atoms with Crippen LogP contribution in [0.2, 0.25) is 5.02 Å². The summed E-state index contributed by atoms with van der Waals surface area (Å²) < 4.78 is 10.5. The van der Waals surface area contributed by atoms with Crippen molar-refractivity contribution in [1.82, 2.24) is 5.32 Å². The Labute approximate surface area is 113 Å². The van der Waals surface area contributed by atoms with E-state index in [-0.39, 0.29) is 12.4 Å². The lowest BCUT2D eigenvalue weighted by molar-refractivity contribution is 0.354. The van der Waals surface area contributed by atoms with Crippen molar-refractivity contribution < 1.29 is 9.47 Å². The topological polar surface area (TPSA) is 30.5 Å². The number of benzene rings is 1. The first-order valence-electron chi connectivity index (χ1n) is 5.41. The number of halogens is 2. The third kappa shape index (κ3) is 2.79. The Morgan fingerprint density at radius 2 is 2.06 bits per heavy atom. The largest absolute Gasteiger partial charge is 0.493 e. The quantitative estimate of drug-likeness (QED) is 0.921. The standard InChI is InChI=1S/C12H16ClNO2.ClH/c1-15-10-6-5-8(9-4-3-7-14-9)11(13)12(10)16-2;/h5-6,9,14H,3-4,7H2,1-2H3;1H/t9-;/m1./s1. The van der Waals surface area contributed by atoms with Crippen LogP contribution in [0.3, 0.4) is 0 Å². The van der Waals surface area contributed by atoms with Crippen LogP contribution < -0.4 is 14.8 Å². The molecule has 1 aromatic carbocycles. The Hall–Kier alpha value is -0.640. The van der Waals surface area contributed by atoms with Gasteiger partial charge in [-0.05, 0) is 31.0 Å². The molecule has 17 heavy (non-hydrogen) atoms. The summed E-state index contributed by atoms with van der Waals surface area (Å²) >= 11 is 6.33. The minimum atomic E-state index is 0. The Balaban J connectivity index is 0.00000144. The van der Waals surface area contributed by atoms with Gasteiger partial charge in [0.15, 0.2) is 11.5 Å². The van der Waals surface area contributed by atoms with Gasteiger partial charge in [0.1, 0.15) is 0 Å². The molecule has 0 aromatic heterocycles. The lowest BCUT2D eigenvalue weighted by Gasteiger charge is -2.16. The predicted octanol–water partition coefficient (Wildman–Crippen LogP) is 3.20. The smallest absolute Gasteiger partial charge is 0.179 e. The molecule has 3 nitrogen and oxygen atoms in total. The van der Waals surface area contributed by atoms with Crippen molar-refractivity contribution in [1.29, 1.82) is 0 Å². The van der Waals surface area contributed by atoms with Gasteiger partial charge in [-0.15, -0.1) is 12.4 Å². The fourth-order valence-electron chi connectivity index (χ4n) is 2.12. The second kappa shape index (κ2) is 6.34. The van der Waals surface area contributed by atoms with E-state index in [1.807, 2.05) is 12.1 Å². The van der Waals surface area contributed by atoms with E-state index in [1.165, 1.54) is 6.42 Å². The Morgan fingerprint density at radius 3 is 2.59 bits per heavy atom. The molecule has 1 heterocycles. The highest BCUT2D eigenvalue weighted by molar-refractivity contribution is 6.33. The Kier molecular flexibility index (Phi) is 5.37. The molecule has 1 atom stereocenters. The summed E-state index contributed by atoms with van der Waals surface area (Å²) in [7, 11) is 3.22. The van der Waals surface area contributed by atoms with Crippen molar-refractivity contribution >= 4 is 24.0 Å². The molecule has 1 N–H and O–H groups in total. The lowest BCUT2D eigenvalue weighted by Crippen LogP contribution is -2.13. The van der Waals surface area contributed by atoms with Gasteiger partial charge in [0.2, 0.25) is 0 Å². The van der Waals surface area contributed by atoms with E-state index in [1.54, 1.807) is 14.2 Å². The molecule has 96 valence electrons. The van der Waals surface area contributed by atoms with Gasteiger partial charge in [-0.3, -0.25) is 0 Å². The highest BCUT2D eigenvalue weighted by Gasteiger charge is 2.22. The van der Waals surface area contributed by atoms with Crippen molar-refractivity contribution in [3.05, 3.63) is 22.7 Å². The molecule has 2 rings (SSSR count). The first kappa shape index (κ1) is 14.4. The summed E-state index contributed by atoms with van der Waals surface area (Å²) in [5, 5.41) is 4.08. The molecule has 1 fully saturated rings. The van der Waals surface area contributed by atoms with Crippen molar-refractivity contribution in [3.8, 4) is 11.5 Å². The third-order valence-corrected chi connectivity index (χ3v) is 3.34. The zero-order valence-corrected chi connectivity index (χ0v) is 11.5. The molecule has 1 aliphatic heterocycles. The third-order valence-electron chi connectivity index (χ3n) is 2.95. The number of nitrogens with one attached hydrogen (secondary N) is 1. The Bertz CT molecular complexity index is 379. The average molecular weight is 278 g/mol. The summed E-state index contributed by atoms with van der Waals surface area (Å²) in [5.74, 6) is 1.30. The molecule has 0 aliphatic carbocycles. The fourth-order valence-corrected chi connectivity index (χ4v) is 2.49. The molecule has 0 amide bonds. The van der Waals surface area contributed by atoms with Gasteiger partial charge in [0.05, 0.1) is 19.2 Å². The van der Waals surface area contributed by atoms with Crippen LogP contribution >= 0.6 is 24.0 Å². The van der Waals surface area contributed by atoms with Crippen molar-refractivity contribution in [3.63, 3.8) is 0 Å². The van der Waals surface area contributed by atoms with Crippen LogP contribution in [0.5, 0.6) is 11.5 Å². The van der Waals surface area contributed by atoms with Gasteiger partial charge >= 0.3 is 0 Å². The molecule has 0 unspecified atom stereocenters. The SMILES string of the molecule is COc1ccc([C@H]2CCCN2)c(Cl)c1OC.Cl. The van der Waals surface area contributed by atoms with Crippen molar-refractivity contribution in [2.45, 2.75) is 18.9 Å². The van der Waals surface area contributed by atoms with E-state index >= 15 is 0 Å². The number of rotatable bonds is 3. The lowest BCUT2D eigenvalue weighted by atomic mass is 10.0. The zero-order chi connectivity index (χ0) is 11.5. The van der Waals surface area contributed by atoms with E-state index in [2.05, 4.69) is 5.32 Å². The molecule has 0 saturated carbocycles. The zero-order valence-electron chi connectivity index (χ0n) is 9.96. The average Bonchev–Trinajstić information content (AvgIpc) is 2.81. The minimum absolute atomic E-state index is 0. The number of hydrogen-bond donors (Lipinski definition) is 1. The first-order valence-corrected chi connectivity index (χ1v) is 5.79. The van der Waals surface area contributed by atoms with Crippen LogP contribution in [0.25, 0.3) is 0 Å². The summed E-state index contributed by atoms with van der Waals surface area (Å²) in [6.45, 7) is 1.05. The van der Waals surface area contributed by atoms with E-state index in [4.69, 9.17) is 21.1 Å². The molecular formula is C12H17Cl2NO2. The number of ether oxygens (including phenoxy) is 2. The number of methoxy groups -OCH3 is 2. The maximum Gasteiger partial charge on any atom is 0.179 e. The molecule has 5 heteroatoms. The highest BCUT2D eigenvalue weighted by atomic mass is 35.5. The Morgan fingerprint density at radius 1 is 1.29 bits per heavy atom. The van der Waals surface area contributed by atoms with Crippen molar-refractivity contribution in [2.75, 3.05) is 20.8 Å². The van der Waals surface area contributed by atoms with E-state index in [9.17, 15) is 0 Å². The molecule has 0 spiro atoms. The fraction of sp³-hybridized carbons (Fsp3) is 0.500. The van der Waals surface area contributed by atoms with Gasteiger partial charge < -0.3 is 14.8 Å². The molecule has 1 aliphatic rings. The van der Waals surface area contributed by atoms with Crippen LogP contribution in [0.1, 0.15) is 24.4 Å². The summed E-state index contributed by atoms with van der Waals surface area (Å²) in [6, 6.07) is 4.25. The van der Waals surface area contributed by atoms with Crippen molar-refractivity contribution in [2.24, 2.45) is 0 Å². The summed E-state index contributed by atoms with van der Waals surface area (Å²) in [4.78, 5) is 0. The minimum Gasteiger partial charge on any atom is -0.493 e. The van der Waals surface area contributed by atoms with Crippen LogP contribution in [0.15, 0.2) is 12.1 Å². The van der Waals surface area contributed by atoms with Gasteiger partial charge in [-0.2, -0.15) is 0 Å². The van der Waals surface area contributed by atoms with Crippen LogP contribution in [-0.2, 0) is 0 Å². The first-order chi connectivity index (χ1) is 7.77. The summed E-state index contributed by atoms with van der Waals surface area (Å²) in [6.07, 6.45) is 2.31. The monoisotopic (exact) mass is 277 g/mol. The molecule has 1 saturated heterocycles. The maximum absolute atomic E-state index is 6.33. The second-order valence-corrected chi connectivity index (χ2v) is 4.23.